The number of nitrogens with zero attached hydrogens (tertiary/aromatic N) is 1. The van der Waals surface area contributed by atoms with Gasteiger partial charge in [0.15, 0.2) is 0 Å². The lowest BCUT2D eigenvalue weighted by Crippen LogP contribution is -2.58. The lowest BCUT2D eigenvalue weighted by atomic mass is 9.84. The lowest BCUT2D eigenvalue weighted by Gasteiger charge is -2.48. The van der Waals surface area contributed by atoms with E-state index in [0.717, 1.165) is 38.6 Å². The minimum Gasteiger partial charge on any atom is -0.378 e. The fraction of sp³-hybridized carbons (Fsp3) is 0.733. The molecule has 0 radical (unpaired) electrons. The van der Waals surface area contributed by atoms with E-state index in [9.17, 15) is 0 Å². The summed E-state index contributed by atoms with van der Waals surface area (Å²) < 4.78 is 5.74. The molecule has 2 N–H and O–H groups in total. The van der Waals surface area contributed by atoms with Gasteiger partial charge < -0.3 is 10.5 Å². The molecule has 2 heterocycles. The quantitative estimate of drug-likeness (QED) is 0.901. The Balaban J connectivity index is 1.80. The predicted molar refractivity (Wildman–Crippen MR) is 79.3 cm³/mol. The van der Waals surface area contributed by atoms with Crippen molar-refractivity contribution in [1.29, 1.82) is 0 Å². The van der Waals surface area contributed by atoms with E-state index in [1.54, 1.807) is 0 Å². The van der Waals surface area contributed by atoms with Crippen molar-refractivity contribution in [2.24, 2.45) is 5.73 Å². The SMILES string of the molecule is CC1CC(CN)(N(Cc2cccs2)C2CC2)CCO1. The highest BCUT2D eigenvalue weighted by Crippen LogP contribution is 2.40. The second kappa shape index (κ2) is 5.52. The number of nitrogens with two attached hydrogens (primary N) is 1. The first-order valence-corrected chi connectivity index (χ1v) is 8.22. The van der Waals surface area contributed by atoms with Crippen molar-refractivity contribution in [3.8, 4) is 0 Å². The van der Waals surface area contributed by atoms with Crippen LogP contribution in [0.15, 0.2) is 17.5 Å². The summed E-state index contributed by atoms with van der Waals surface area (Å²) in [7, 11) is 0. The van der Waals surface area contributed by atoms with E-state index < -0.39 is 0 Å². The van der Waals surface area contributed by atoms with Gasteiger partial charge in [0.2, 0.25) is 0 Å². The van der Waals surface area contributed by atoms with Crippen molar-refractivity contribution in [3.63, 3.8) is 0 Å². The van der Waals surface area contributed by atoms with E-state index in [1.807, 2.05) is 11.3 Å². The second-order valence-corrected chi connectivity index (χ2v) is 7.03. The van der Waals surface area contributed by atoms with Crippen molar-refractivity contribution in [2.45, 2.75) is 56.8 Å². The molecule has 1 aromatic heterocycles. The summed E-state index contributed by atoms with van der Waals surface area (Å²) in [5.74, 6) is 0. The molecule has 106 valence electrons. The van der Waals surface area contributed by atoms with Crippen LogP contribution in [-0.2, 0) is 11.3 Å². The maximum absolute atomic E-state index is 6.20. The number of rotatable bonds is 5. The Morgan fingerprint density at radius 2 is 2.37 bits per heavy atom. The third kappa shape index (κ3) is 2.87. The maximum atomic E-state index is 6.20. The molecule has 4 heteroatoms. The van der Waals surface area contributed by atoms with Gasteiger partial charge in [-0.15, -0.1) is 11.3 Å². The molecule has 1 aromatic rings. The fourth-order valence-corrected chi connectivity index (χ4v) is 4.05. The number of ether oxygens (including phenoxy) is 1. The largest absolute Gasteiger partial charge is 0.378 e. The molecule has 2 unspecified atom stereocenters. The Kier molecular flexibility index (Phi) is 3.94. The monoisotopic (exact) mass is 280 g/mol. The zero-order valence-electron chi connectivity index (χ0n) is 11.7. The molecule has 1 aliphatic carbocycles. The number of hydrogen-bond acceptors (Lipinski definition) is 4. The molecule has 2 fully saturated rings. The van der Waals surface area contributed by atoms with E-state index in [4.69, 9.17) is 10.5 Å². The standard InChI is InChI=1S/C15H24N2OS/c1-12-9-15(11-16,6-7-18-12)17(13-4-5-13)10-14-3-2-8-19-14/h2-3,8,12-13H,4-7,9-11,16H2,1H3. The number of thiophene rings is 1. The normalized spacial score (nSPS) is 31.8. The van der Waals surface area contributed by atoms with Crippen molar-refractivity contribution in [2.75, 3.05) is 13.2 Å². The van der Waals surface area contributed by atoms with Crippen molar-refractivity contribution in [3.05, 3.63) is 22.4 Å². The molecule has 3 nitrogen and oxygen atoms in total. The molecule has 1 aliphatic heterocycles. The van der Waals surface area contributed by atoms with Gasteiger partial charge in [0, 0.05) is 36.2 Å². The summed E-state index contributed by atoms with van der Waals surface area (Å²) >= 11 is 1.86. The summed E-state index contributed by atoms with van der Waals surface area (Å²) in [6, 6.07) is 5.13. The van der Waals surface area contributed by atoms with Crippen LogP contribution < -0.4 is 5.73 Å². The van der Waals surface area contributed by atoms with Crippen LogP contribution in [0.4, 0.5) is 0 Å². The Morgan fingerprint density at radius 1 is 1.53 bits per heavy atom. The highest BCUT2D eigenvalue weighted by Gasteiger charge is 2.45. The Bertz CT molecular complexity index is 404. The summed E-state index contributed by atoms with van der Waals surface area (Å²) in [6.07, 6.45) is 5.16. The first-order chi connectivity index (χ1) is 9.23. The van der Waals surface area contributed by atoms with Crippen LogP contribution in [0, 0.1) is 0 Å². The van der Waals surface area contributed by atoms with Crippen LogP contribution in [0.25, 0.3) is 0 Å². The fourth-order valence-electron chi connectivity index (χ4n) is 3.35. The molecule has 0 bridgehead atoms. The van der Waals surface area contributed by atoms with Gasteiger partial charge in [-0.2, -0.15) is 0 Å². The summed E-state index contributed by atoms with van der Waals surface area (Å²) in [5, 5.41) is 2.17. The van der Waals surface area contributed by atoms with Gasteiger partial charge in [-0.25, -0.2) is 0 Å². The highest BCUT2D eigenvalue weighted by molar-refractivity contribution is 7.09. The van der Waals surface area contributed by atoms with E-state index in [0.29, 0.717) is 6.10 Å². The third-order valence-electron chi connectivity index (χ3n) is 4.52. The van der Waals surface area contributed by atoms with E-state index >= 15 is 0 Å². The summed E-state index contributed by atoms with van der Waals surface area (Å²) in [6.45, 7) is 4.85. The maximum Gasteiger partial charge on any atom is 0.0565 e. The highest BCUT2D eigenvalue weighted by atomic mass is 32.1. The second-order valence-electron chi connectivity index (χ2n) is 6.00. The smallest absolute Gasteiger partial charge is 0.0565 e. The van der Waals surface area contributed by atoms with Crippen molar-refractivity contribution < 1.29 is 4.74 Å². The molecule has 0 amide bonds. The van der Waals surface area contributed by atoms with Gasteiger partial charge in [-0.05, 0) is 44.1 Å². The molecule has 1 saturated carbocycles. The van der Waals surface area contributed by atoms with Gasteiger partial charge in [-0.3, -0.25) is 4.90 Å². The molecule has 19 heavy (non-hydrogen) atoms. The first-order valence-electron chi connectivity index (χ1n) is 7.34. The average Bonchev–Trinajstić information content (AvgIpc) is 3.12. The van der Waals surface area contributed by atoms with Gasteiger partial charge in [0.25, 0.3) is 0 Å². The van der Waals surface area contributed by atoms with Gasteiger partial charge in [0.1, 0.15) is 0 Å². The molecular weight excluding hydrogens is 256 g/mol. The molecule has 2 atom stereocenters. The van der Waals surface area contributed by atoms with Gasteiger partial charge >= 0.3 is 0 Å². The Morgan fingerprint density at radius 3 is 2.95 bits per heavy atom. The predicted octanol–water partition coefficient (Wildman–Crippen LogP) is 2.61. The zero-order chi connectivity index (χ0) is 13.3. The number of hydrogen-bond donors (Lipinski definition) is 1. The first kappa shape index (κ1) is 13.6. The minimum atomic E-state index is 0.156. The Hall–Kier alpha value is -0.420. The Labute approximate surface area is 119 Å². The summed E-state index contributed by atoms with van der Waals surface area (Å²) in [5.41, 5.74) is 6.36. The van der Waals surface area contributed by atoms with Crippen LogP contribution >= 0.6 is 11.3 Å². The van der Waals surface area contributed by atoms with Crippen LogP contribution in [0.1, 0.15) is 37.5 Å². The van der Waals surface area contributed by atoms with Crippen molar-refractivity contribution >= 4 is 11.3 Å². The average molecular weight is 280 g/mol. The van der Waals surface area contributed by atoms with E-state index in [2.05, 4.69) is 29.3 Å². The zero-order valence-corrected chi connectivity index (χ0v) is 12.5. The van der Waals surface area contributed by atoms with Gasteiger partial charge in [0.05, 0.1) is 6.10 Å². The molecule has 0 spiro atoms. The summed E-state index contributed by atoms with van der Waals surface area (Å²) in [4.78, 5) is 4.15. The van der Waals surface area contributed by atoms with Crippen LogP contribution in [0.5, 0.6) is 0 Å². The molecular formula is C15H24N2OS. The molecule has 1 saturated heterocycles. The van der Waals surface area contributed by atoms with Crippen LogP contribution in [0.3, 0.4) is 0 Å². The molecule has 0 aromatic carbocycles. The lowest BCUT2D eigenvalue weighted by molar-refractivity contribution is -0.0696. The topological polar surface area (TPSA) is 38.5 Å². The van der Waals surface area contributed by atoms with Gasteiger partial charge in [-0.1, -0.05) is 6.07 Å². The van der Waals surface area contributed by atoms with E-state index in [1.165, 1.54) is 17.7 Å². The molecule has 2 aliphatic rings. The minimum absolute atomic E-state index is 0.156. The molecule has 3 rings (SSSR count). The van der Waals surface area contributed by atoms with Crippen LogP contribution in [-0.4, -0.2) is 35.7 Å². The van der Waals surface area contributed by atoms with Crippen molar-refractivity contribution in [1.82, 2.24) is 4.90 Å². The van der Waals surface area contributed by atoms with Crippen LogP contribution in [0.2, 0.25) is 0 Å². The van der Waals surface area contributed by atoms with E-state index in [-0.39, 0.29) is 5.54 Å². The third-order valence-corrected chi connectivity index (χ3v) is 5.38.